The van der Waals surface area contributed by atoms with Gasteiger partial charge in [-0.15, -0.1) is 0 Å². The van der Waals surface area contributed by atoms with E-state index in [1.54, 1.807) is 6.07 Å². The second-order valence-electron chi connectivity index (χ2n) is 3.77. The Morgan fingerprint density at radius 2 is 2.06 bits per heavy atom. The van der Waals surface area contributed by atoms with Crippen LogP contribution in [0.2, 0.25) is 0 Å². The molecule has 0 bridgehead atoms. The monoisotopic (exact) mass is 248 g/mol. The number of anilines is 1. The first kappa shape index (κ1) is 12.2. The van der Waals surface area contributed by atoms with Gasteiger partial charge >= 0.3 is 0 Å². The van der Waals surface area contributed by atoms with E-state index >= 15 is 0 Å². The number of aromatic nitrogens is 1. The van der Waals surface area contributed by atoms with Gasteiger partial charge in [0.25, 0.3) is 0 Å². The molecule has 0 aliphatic carbocycles. The number of rotatable bonds is 3. The third-order valence-electron chi connectivity index (χ3n) is 2.51. The first-order valence-corrected chi connectivity index (χ1v) is 5.25. The molecule has 0 saturated heterocycles. The van der Waals surface area contributed by atoms with Crippen LogP contribution in [0, 0.1) is 11.6 Å². The van der Waals surface area contributed by atoms with E-state index in [1.165, 1.54) is 18.3 Å². The molecular weight excluding hydrogens is 238 g/mol. The van der Waals surface area contributed by atoms with Gasteiger partial charge in [-0.2, -0.15) is 0 Å². The highest BCUT2D eigenvalue weighted by Crippen LogP contribution is 2.15. The first-order chi connectivity index (χ1) is 8.58. The molecule has 0 aliphatic heterocycles. The van der Waals surface area contributed by atoms with Crippen molar-refractivity contribution in [2.45, 2.75) is 6.42 Å². The standard InChI is InChI=1S/C13H10F2N2O/c14-9-4-3-8(11(15)7-9)6-12(18)10-2-1-5-17-13(10)16/h1-5,7H,6H2,(H2,16,17). The van der Waals surface area contributed by atoms with Crippen molar-refractivity contribution in [3.63, 3.8) is 0 Å². The highest BCUT2D eigenvalue weighted by Gasteiger charge is 2.13. The summed E-state index contributed by atoms with van der Waals surface area (Å²) < 4.78 is 26.1. The molecule has 1 heterocycles. The molecule has 1 aromatic carbocycles. The van der Waals surface area contributed by atoms with Crippen LogP contribution in [0.3, 0.4) is 0 Å². The topological polar surface area (TPSA) is 56.0 Å². The maximum atomic E-state index is 13.4. The lowest BCUT2D eigenvalue weighted by Crippen LogP contribution is -2.09. The number of nitrogen functional groups attached to an aromatic ring is 1. The molecule has 3 nitrogen and oxygen atoms in total. The minimum atomic E-state index is -0.745. The summed E-state index contributed by atoms with van der Waals surface area (Å²) >= 11 is 0. The number of pyridine rings is 1. The van der Waals surface area contributed by atoms with Crippen LogP contribution in [-0.4, -0.2) is 10.8 Å². The SMILES string of the molecule is Nc1ncccc1C(=O)Cc1ccc(F)cc1F. The van der Waals surface area contributed by atoms with E-state index in [0.717, 1.165) is 12.1 Å². The van der Waals surface area contributed by atoms with Crippen molar-refractivity contribution in [2.75, 3.05) is 5.73 Å². The van der Waals surface area contributed by atoms with Crippen LogP contribution < -0.4 is 5.73 Å². The molecule has 0 spiro atoms. The van der Waals surface area contributed by atoms with Gasteiger partial charge in [0.1, 0.15) is 17.5 Å². The van der Waals surface area contributed by atoms with Crippen LogP contribution in [0.15, 0.2) is 36.5 Å². The molecule has 0 saturated carbocycles. The predicted octanol–water partition coefficient (Wildman–Crippen LogP) is 2.37. The van der Waals surface area contributed by atoms with Gasteiger partial charge < -0.3 is 5.73 Å². The minimum absolute atomic E-state index is 0.102. The lowest BCUT2D eigenvalue weighted by Gasteiger charge is -2.05. The van der Waals surface area contributed by atoms with Crippen LogP contribution >= 0.6 is 0 Å². The lowest BCUT2D eigenvalue weighted by molar-refractivity contribution is 0.0992. The van der Waals surface area contributed by atoms with Gasteiger partial charge in [0, 0.05) is 18.7 Å². The fourth-order valence-electron chi connectivity index (χ4n) is 1.59. The van der Waals surface area contributed by atoms with Crippen molar-refractivity contribution in [2.24, 2.45) is 0 Å². The fraction of sp³-hybridized carbons (Fsp3) is 0.0769. The van der Waals surface area contributed by atoms with Gasteiger partial charge in [-0.25, -0.2) is 13.8 Å². The quantitative estimate of drug-likeness (QED) is 0.848. The Labute approximate surface area is 102 Å². The normalized spacial score (nSPS) is 10.3. The van der Waals surface area contributed by atoms with Gasteiger partial charge in [-0.1, -0.05) is 6.07 Å². The van der Waals surface area contributed by atoms with Crippen LogP contribution in [-0.2, 0) is 6.42 Å². The second kappa shape index (κ2) is 4.91. The summed E-state index contributed by atoms with van der Waals surface area (Å²) in [5.41, 5.74) is 5.92. The van der Waals surface area contributed by atoms with E-state index in [4.69, 9.17) is 5.73 Å². The average molecular weight is 248 g/mol. The maximum Gasteiger partial charge on any atom is 0.171 e. The molecule has 0 unspecified atom stereocenters. The zero-order valence-corrected chi connectivity index (χ0v) is 9.36. The maximum absolute atomic E-state index is 13.4. The Bertz CT molecular complexity index is 599. The Balaban J connectivity index is 2.24. The molecule has 0 radical (unpaired) electrons. The zero-order chi connectivity index (χ0) is 13.1. The molecular formula is C13H10F2N2O. The van der Waals surface area contributed by atoms with E-state index in [1.807, 2.05) is 0 Å². The number of nitrogens with two attached hydrogens (primary N) is 1. The summed E-state index contributed by atoms with van der Waals surface area (Å²) in [5, 5.41) is 0. The van der Waals surface area contributed by atoms with Gasteiger partial charge in [0.05, 0.1) is 5.56 Å². The predicted molar refractivity (Wildman–Crippen MR) is 63.0 cm³/mol. The summed E-state index contributed by atoms with van der Waals surface area (Å²) in [6.45, 7) is 0. The molecule has 18 heavy (non-hydrogen) atoms. The Hall–Kier alpha value is -2.30. The number of benzene rings is 1. The van der Waals surface area contributed by atoms with Crippen molar-refractivity contribution in [3.8, 4) is 0 Å². The number of nitrogens with zero attached hydrogens (tertiary/aromatic N) is 1. The van der Waals surface area contributed by atoms with Gasteiger partial charge in [-0.05, 0) is 23.8 Å². The molecule has 2 rings (SSSR count). The van der Waals surface area contributed by atoms with Crippen molar-refractivity contribution >= 4 is 11.6 Å². The summed E-state index contributed by atoms with van der Waals surface area (Å²) in [5.74, 6) is -1.67. The number of carbonyl (C=O) groups is 1. The Morgan fingerprint density at radius 1 is 1.28 bits per heavy atom. The molecule has 0 amide bonds. The van der Waals surface area contributed by atoms with Gasteiger partial charge in [0.2, 0.25) is 0 Å². The van der Waals surface area contributed by atoms with Crippen LogP contribution in [0.1, 0.15) is 15.9 Å². The molecule has 0 atom stereocenters. The number of hydrogen-bond acceptors (Lipinski definition) is 3. The smallest absolute Gasteiger partial charge is 0.171 e. The summed E-state index contributed by atoms with van der Waals surface area (Å²) in [6, 6.07) is 6.19. The average Bonchev–Trinajstić information content (AvgIpc) is 2.33. The molecule has 2 N–H and O–H groups in total. The van der Waals surface area contributed by atoms with E-state index in [-0.39, 0.29) is 29.1 Å². The van der Waals surface area contributed by atoms with Crippen molar-refractivity contribution < 1.29 is 13.6 Å². The Morgan fingerprint density at radius 3 is 2.72 bits per heavy atom. The highest BCUT2D eigenvalue weighted by atomic mass is 19.1. The minimum Gasteiger partial charge on any atom is -0.383 e. The van der Waals surface area contributed by atoms with Crippen LogP contribution in [0.4, 0.5) is 14.6 Å². The number of Topliss-reactive ketones (excluding diaryl/α,β-unsaturated/α-hetero) is 1. The second-order valence-corrected chi connectivity index (χ2v) is 3.77. The number of carbonyl (C=O) groups excluding carboxylic acids is 1. The molecule has 5 heteroatoms. The summed E-state index contributed by atoms with van der Waals surface area (Å²) in [6.07, 6.45) is 1.28. The van der Waals surface area contributed by atoms with Crippen LogP contribution in [0.25, 0.3) is 0 Å². The van der Waals surface area contributed by atoms with E-state index < -0.39 is 11.6 Å². The van der Waals surface area contributed by atoms with Gasteiger partial charge in [0.15, 0.2) is 5.78 Å². The van der Waals surface area contributed by atoms with E-state index in [2.05, 4.69) is 4.98 Å². The third-order valence-corrected chi connectivity index (χ3v) is 2.51. The number of hydrogen-bond donors (Lipinski definition) is 1. The van der Waals surface area contributed by atoms with Crippen molar-refractivity contribution in [3.05, 3.63) is 59.3 Å². The molecule has 2 aromatic rings. The number of ketones is 1. The summed E-state index contributed by atoms with van der Waals surface area (Å²) in [4.78, 5) is 15.7. The van der Waals surface area contributed by atoms with Crippen molar-refractivity contribution in [1.82, 2.24) is 4.98 Å². The molecule has 1 aromatic heterocycles. The molecule has 0 aliphatic rings. The lowest BCUT2D eigenvalue weighted by atomic mass is 10.0. The largest absolute Gasteiger partial charge is 0.383 e. The van der Waals surface area contributed by atoms with E-state index in [9.17, 15) is 13.6 Å². The van der Waals surface area contributed by atoms with Gasteiger partial charge in [-0.3, -0.25) is 4.79 Å². The fourth-order valence-corrected chi connectivity index (χ4v) is 1.59. The molecule has 0 fully saturated rings. The molecule has 92 valence electrons. The number of halogens is 2. The van der Waals surface area contributed by atoms with E-state index in [0.29, 0.717) is 0 Å². The Kier molecular flexibility index (Phi) is 3.32. The third kappa shape index (κ3) is 2.51. The zero-order valence-electron chi connectivity index (χ0n) is 9.36. The highest BCUT2D eigenvalue weighted by molar-refractivity contribution is 6.01. The van der Waals surface area contributed by atoms with Crippen molar-refractivity contribution in [1.29, 1.82) is 0 Å². The summed E-state index contributed by atoms with van der Waals surface area (Å²) in [7, 11) is 0. The van der Waals surface area contributed by atoms with Crippen LogP contribution in [0.5, 0.6) is 0 Å². The first-order valence-electron chi connectivity index (χ1n) is 5.25.